The van der Waals surface area contributed by atoms with Gasteiger partial charge < -0.3 is 20.1 Å². The molecule has 0 aliphatic carbocycles. The summed E-state index contributed by atoms with van der Waals surface area (Å²) in [5.41, 5.74) is 1.95. The number of halogens is 4. The lowest BCUT2D eigenvalue weighted by atomic mass is 10.2. The molecule has 0 aliphatic rings. The first kappa shape index (κ1) is 24.8. The van der Waals surface area contributed by atoms with Crippen molar-refractivity contribution in [3.8, 4) is 11.6 Å². The highest BCUT2D eigenvalue weighted by atomic mass is 127. The molecule has 0 bridgehead atoms. The Labute approximate surface area is 184 Å². The Morgan fingerprint density at radius 3 is 2.38 bits per heavy atom. The largest absolute Gasteiger partial charge is 0.492 e. The molecular formula is C19H24F3IN4O2. The maximum absolute atomic E-state index is 12.1. The highest BCUT2D eigenvalue weighted by molar-refractivity contribution is 14.0. The Hall–Kier alpha value is -2.24. The van der Waals surface area contributed by atoms with E-state index in [2.05, 4.69) is 25.3 Å². The van der Waals surface area contributed by atoms with E-state index in [0.29, 0.717) is 25.7 Å². The lowest BCUT2D eigenvalue weighted by Crippen LogP contribution is -2.38. The van der Waals surface area contributed by atoms with Gasteiger partial charge in [-0.05, 0) is 24.6 Å². The van der Waals surface area contributed by atoms with E-state index in [1.54, 1.807) is 13.1 Å². The van der Waals surface area contributed by atoms with Crippen molar-refractivity contribution < 1.29 is 22.6 Å². The number of aliphatic imine (C=N–C) groups is 1. The Kier molecular flexibility index (Phi) is 10.6. The molecule has 0 saturated carbocycles. The molecule has 2 rings (SSSR count). The van der Waals surface area contributed by atoms with Crippen molar-refractivity contribution in [1.82, 2.24) is 15.6 Å². The molecule has 0 fully saturated rings. The standard InChI is InChI=1S/C19H23F3N4O2.HI/c1-14-3-6-16(7-4-14)27-10-9-24-18(23-2)26-12-15-5-8-17(25-11-15)28-13-19(20,21)22;/h3-8,11H,9-10,12-13H2,1-2H3,(H2,23,24,26);1H. The number of guanidine groups is 1. The summed E-state index contributed by atoms with van der Waals surface area (Å²) in [6.45, 7) is 2.08. The maximum atomic E-state index is 12.1. The number of benzene rings is 1. The Bertz CT molecular complexity index is 754. The number of aromatic nitrogens is 1. The first-order valence-electron chi connectivity index (χ1n) is 8.64. The van der Waals surface area contributed by atoms with Crippen molar-refractivity contribution in [2.24, 2.45) is 4.99 Å². The molecule has 0 amide bonds. The predicted octanol–water partition coefficient (Wildman–Crippen LogP) is 3.69. The number of hydrogen-bond donors (Lipinski definition) is 2. The van der Waals surface area contributed by atoms with E-state index in [9.17, 15) is 13.2 Å². The fraction of sp³-hybridized carbons (Fsp3) is 0.368. The van der Waals surface area contributed by atoms with Crippen LogP contribution in [0.2, 0.25) is 0 Å². The van der Waals surface area contributed by atoms with Gasteiger partial charge in [0, 0.05) is 25.9 Å². The summed E-state index contributed by atoms with van der Waals surface area (Å²) in [5, 5.41) is 6.20. The Morgan fingerprint density at radius 2 is 1.79 bits per heavy atom. The van der Waals surface area contributed by atoms with Crippen LogP contribution in [0.4, 0.5) is 13.2 Å². The van der Waals surface area contributed by atoms with Gasteiger partial charge in [-0.2, -0.15) is 13.2 Å². The maximum Gasteiger partial charge on any atom is 0.422 e. The molecule has 29 heavy (non-hydrogen) atoms. The molecular weight excluding hydrogens is 500 g/mol. The molecule has 2 aromatic rings. The number of pyridine rings is 1. The third-order valence-corrected chi connectivity index (χ3v) is 3.55. The number of ether oxygens (including phenoxy) is 2. The van der Waals surface area contributed by atoms with Gasteiger partial charge in [-0.1, -0.05) is 23.8 Å². The molecule has 0 aliphatic heterocycles. The fourth-order valence-electron chi connectivity index (χ4n) is 2.14. The Morgan fingerprint density at radius 1 is 1.07 bits per heavy atom. The van der Waals surface area contributed by atoms with Gasteiger partial charge in [-0.15, -0.1) is 24.0 Å². The minimum atomic E-state index is -4.39. The van der Waals surface area contributed by atoms with Gasteiger partial charge in [0.1, 0.15) is 12.4 Å². The third-order valence-electron chi connectivity index (χ3n) is 3.55. The predicted molar refractivity (Wildman–Crippen MR) is 116 cm³/mol. The van der Waals surface area contributed by atoms with Crippen LogP contribution in [-0.4, -0.2) is 43.9 Å². The van der Waals surface area contributed by atoms with Crippen molar-refractivity contribution in [2.75, 3.05) is 26.8 Å². The van der Waals surface area contributed by atoms with Crippen LogP contribution in [0.25, 0.3) is 0 Å². The quantitative estimate of drug-likeness (QED) is 0.239. The SMILES string of the molecule is CN=C(NCCOc1ccc(C)cc1)NCc1ccc(OCC(F)(F)F)nc1.I. The highest BCUT2D eigenvalue weighted by Gasteiger charge is 2.28. The van der Waals surface area contributed by atoms with Crippen molar-refractivity contribution in [3.63, 3.8) is 0 Å². The number of rotatable bonds is 8. The van der Waals surface area contributed by atoms with E-state index in [-0.39, 0.29) is 29.9 Å². The molecule has 2 N–H and O–H groups in total. The van der Waals surface area contributed by atoms with Crippen LogP contribution in [0.5, 0.6) is 11.6 Å². The molecule has 1 heterocycles. The van der Waals surface area contributed by atoms with Crippen molar-refractivity contribution in [2.45, 2.75) is 19.6 Å². The number of aryl methyl sites for hydroxylation is 1. The van der Waals surface area contributed by atoms with Crippen LogP contribution in [0, 0.1) is 6.92 Å². The second kappa shape index (κ2) is 12.3. The summed E-state index contributed by atoms with van der Waals surface area (Å²) in [7, 11) is 1.64. The first-order valence-corrected chi connectivity index (χ1v) is 8.64. The third kappa shape index (κ3) is 10.2. The van der Waals surface area contributed by atoms with Gasteiger partial charge in [-0.3, -0.25) is 4.99 Å². The van der Waals surface area contributed by atoms with Crippen LogP contribution in [0.3, 0.4) is 0 Å². The van der Waals surface area contributed by atoms with E-state index in [1.807, 2.05) is 31.2 Å². The highest BCUT2D eigenvalue weighted by Crippen LogP contribution is 2.17. The minimum absolute atomic E-state index is 0. The van der Waals surface area contributed by atoms with Crippen LogP contribution < -0.4 is 20.1 Å². The molecule has 10 heteroatoms. The zero-order chi connectivity index (χ0) is 20.4. The van der Waals surface area contributed by atoms with Crippen LogP contribution in [0.1, 0.15) is 11.1 Å². The van der Waals surface area contributed by atoms with Gasteiger partial charge in [0.15, 0.2) is 12.6 Å². The summed E-state index contributed by atoms with van der Waals surface area (Å²) in [4.78, 5) is 7.96. The second-order valence-corrected chi connectivity index (χ2v) is 5.92. The molecule has 0 radical (unpaired) electrons. The average Bonchev–Trinajstić information content (AvgIpc) is 2.67. The van der Waals surface area contributed by atoms with Crippen molar-refractivity contribution >= 4 is 29.9 Å². The fourth-order valence-corrected chi connectivity index (χ4v) is 2.14. The van der Waals surface area contributed by atoms with Gasteiger partial charge in [0.05, 0.1) is 6.54 Å². The summed E-state index contributed by atoms with van der Waals surface area (Å²) < 4.78 is 46.6. The van der Waals surface area contributed by atoms with Gasteiger partial charge in [0.25, 0.3) is 0 Å². The molecule has 1 aromatic carbocycles. The zero-order valence-electron chi connectivity index (χ0n) is 16.1. The van der Waals surface area contributed by atoms with E-state index in [1.165, 1.54) is 17.8 Å². The van der Waals surface area contributed by atoms with Crippen LogP contribution in [-0.2, 0) is 6.54 Å². The molecule has 0 unspecified atom stereocenters. The van der Waals surface area contributed by atoms with E-state index in [0.717, 1.165) is 11.3 Å². The monoisotopic (exact) mass is 524 g/mol. The average molecular weight is 524 g/mol. The van der Waals surface area contributed by atoms with Crippen LogP contribution >= 0.6 is 24.0 Å². The van der Waals surface area contributed by atoms with Crippen LogP contribution in [0.15, 0.2) is 47.6 Å². The van der Waals surface area contributed by atoms with Gasteiger partial charge in [-0.25, -0.2) is 4.98 Å². The topological polar surface area (TPSA) is 67.8 Å². The van der Waals surface area contributed by atoms with Crippen molar-refractivity contribution in [3.05, 3.63) is 53.7 Å². The van der Waals surface area contributed by atoms with E-state index < -0.39 is 12.8 Å². The number of nitrogens with one attached hydrogen (secondary N) is 2. The normalized spacial score (nSPS) is 11.4. The summed E-state index contributed by atoms with van der Waals surface area (Å²) >= 11 is 0. The zero-order valence-corrected chi connectivity index (χ0v) is 18.5. The Balaban J connectivity index is 0.00000420. The summed E-state index contributed by atoms with van der Waals surface area (Å²) in [6, 6.07) is 10.8. The molecule has 0 spiro atoms. The molecule has 160 valence electrons. The van der Waals surface area contributed by atoms with Crippen molar-refractivity contribution in [1.29, 1.82) is 0 Å². The minimum Gasteiger partial charge on any atom is -0.492 e. The molecule has 0 atom stereocenters. The first-order chi connectivity index (χ1) is 13.4. The summed E-state index contributed by atoms with van der Waals surface area (Å²) in [6.07, 6.45) is -2.93. The lowest BCUT2D eigenvalue weighted by Gasteiger charge is -2.13. The lowest BCUT2D eigenvalue weighted by molar-refractivity contribution is -0.154. The smallest absolute Gasteiger partial charge is 0.422 e. The van der Waals surface area contributed by atoms with E-state index in [4.69, 9.17) is 4.74 Å². The number of alkyl halides is 3. The van der Waals surface area contributed by atoms with E-state index >= 15 is 0 Å². The number of hydrogen-bond acceptors (Lipinski definition) is 4. The molecule has 0 saturated heterocycles. The molecule has 1 aromatic heterocycles. The molecule has 6 nitrogen and oxygen atoms in total. The van der Waals surface area contributed by atoms with Gasteiger partial charge in [0.2, 0.25) is 5.88 Å². The second-order valence-electron chi connectivity index (χ2n) is 5.92. The van der Waals surface area contributed by atoms with Gasteiger partial charge >= 0.3 is 6.18 Å². The number of nitrogens with zero attached hydrogens (tertiary/aromatic N) is 2. The summed E-state index contributed by atoms with van der Waals surface area (Å²) in [5.74, 6) is 1.30.